The first-order chi connectivity index (χ1) is 14.0. The lowest BCUT2D eigenvalue weighted by molar-refractivity contribution is 0.254. The Hall–Kier alpha value is -3.06. The number of hydrogen-bond acceptors (Lipinski definition) is 6. The Morgan fingerprint density at radius 3 is 2.79 bits per heavy atom. The highest BCUT2D eigenvalue weighted by Gasteiger charge is 2.15. The van der Waals surface area contributed by atoms with E-state index in [1.165, 1.54) is 6.07 Å². The second-order valence-electron chi connectivity index (χ2n) is 7.20. The molecular weight excluding hydrogens is 369 g/mol. The van der Waals surface area contributed by atoms with Crippen LogP contribution in [0.25, 0.3) is 11.4 Å². The fourth-order valence-corrected chi connectivity index (χ4v) is 2.85. The maximum atomic E-state index is 14.4. The van der Waals surface area contributed by atoms with E-state index in [-0.39, 0.29) is 5.82 Å². The van der Waals surface area contributed by atoms with Gasteiger partial charge in [0.25, 0.3) is 0 Å². The van der Waals surface area contributed by atoms with Crippen molar-refractivity contribution in [2.45, 2.75) is 27.2 Å². The summed E-state index contributed by atoms with van der Waals surface area (Å²) >= 11 is 0. The molecule has 0 aliphatic rings. The molecule has 1 atom stereocenters. The molecule has 3 aromatic rings. The van der Waals surface area contributed by atoms with Crippen molar-refractivity contribution in [3.8, 4) is 17.1 Å². The summed E-state index contributed by atoms with van der Waals surface area (Å²) in [6.45, 7) is 7.02. The molecule has 6 nitrogen and oxygen atoms in total. The molecule has 0 bridgehead atoms. The van der Waals surface area contributed by atoms with Crippen LogP contribution in [0, 0.1) is 25.6 Å². The van der Waals surface area contributed by atoms with Gasteiger partial charge in [-0.05, 0) is 56.5 Å². The Bertz CT molecular complexity index is 979. The van der Waals surface area contributed by atoms with Crippen LogP contribution in [-0.4, -0.2) is 28.1 Å². The number of nitrogens with two attached hydrogens (primary N) is 1. The number of ether oxygens (including phenoxy) is 1. The van der Waals surface area contributed by atoms with Gasteiger partial charge < -0.3 is 15.8 Å². The third-order valence-electron chi connectivity index (χ3n) is 4.57. The largest absolute Gasteiger partial charge is 0.488 e. The number of hydrogen-bond donors (Lipinski definition) is 2. The molecule has 0 fully saturated rings. The zero-order valence-corrected chi connectivity index (χ0v) is 16.9. The molecule has 7 heteroatoms. The SMILES string of the molecule is Cc1ccc(F)c(-c2ncc(OCC(C)CCN)c(Nc3ccncc3C)n2)c1. The van der Waals surface area contributed by atoms with Crippen molar-refractivity contribution in [2.75, 3.05) is 18.5 Å². The van der Waals surface area contributed by atoms with Gasteiger partial charge >= 0.3 is 0 Å². The Balaban J connectivity index is 1.97. The van der Waals surface area contributed by atoms with Gasteiger partial charge in [0.1, 0.15) is 5.82 Å². The lowest BCUT2D eigenvalue weighted by Crippen LogP contribution is -2.14. The molecule has 152 valence electrons. The van der Waals surface area contributed by atoms with Gasteiger partial charge in [-0.1, -0.05) is 18.6 Å². The highest BCUT2D eigenvalue weighted by Crippen LogP contribution is 2.30. The summed E-state index contributed by atoms with van der Waals surface area (Å²) in [5.41, 5.74) is 8.70. The average Bonchev–Trinajstić information content (AvgIpc) is 2.71. The number of nitrogens with zero attached hydrogens (tertiary/aromatic N) is 3. The smallest absolute Gasteiger partial charge is 0.180 e. The van der Waals surface area contributed by atoms with E-state index in [0.717, 1.165) is 23.2 Å². The number of pyridine rings is 1. The van der Waals surface area contributed by atoms with Crippen molar-refractivity contribution >= 4 is 11.5 Å². The number of nitrogens with one attached hydrogen (secondary N) is 1. The number of aromatic nitrogens is 3. The molecule has 2 heterocycles. The van der Waals surface area contributed by atoms with Gasteiger partial charge in [0.2, 0.25) is 0 Å². The van der Waals surface area contributed by atoms with E-state index >= 15 is 0 Å². The van der Waals surface area contributed by atoms with Crippen molar-refractivity contribution in [1.29, 1.82) is 0 Å². The van der Waals surface area contributed by atoms with Crippen molar-refractivity contribution in [1.82, 2.24) is 15.0 Å². The predicted octanol–water partition coefficient (Wildman–Crippen LogP) is 4.40. The third kappa shape index (κ3) is 5.26. The number of rotatable bonds is 8. The van der Waals surface area contributed by atoms with Crippen LogP contribution in [0.2, 0.25) is 0 Å². The summed E-state index contributed by atoms with van der Waals surface area (Å²) in [6.07, 6.45) is 5.90. The standard InChI is InChI=1S/C22H26FN5O/c1-14-4-5-18(23)17(10-14)21-26-12-20(29-13-15(2)6-8-24)22(28-21)27-19-7-9-25-11-16(19)3/h4-5,7,9-12,15H,6,8,13,24H2,1-3H3,(H,25,26,27,28). The van der Waals surface area contributed by atoms with E-state index in [4.69, 9.17) is 10.5 Å². The number of halogens is 1. The molecule has 3 rings (SSSR count). The molecule has 0 spiro atoms. The fourth-order valence-electron chi connectivity index (χ4n) is 2.85. The summed E-state index contributed by atoms with van der Waals surface area (Å²) in [5, 5.41) is 3.28. The van der Waals surface area contributed by atoms with Gasteiger partial charge in [0.05, 0.1) is 18.4 Å². The monoisotopic (exact) mass is 395 g/mol. The van der Waals surface area contributed by atoms with Gasteiger partial charge in [-0.25, -0.2) is 14.4 Å². The summed E-state index contributed by atoms with van der Waals surface area (Å²) in [7, 11) is 0. The lowest BCUT2D eigenvalue weighted by Gasteiger charge is -2.17. The van der Waals surface area contributed by atoms with E-state index in [1.54, 1.807) is 30.7 Å². The first-order valence-electron chi connectivity index (χ1n) is 9.62. The molecule has 1 aromatic carbocycles. The molecule has 0 radical (unpaired) electrons. The summed E-state index contributed by atoms with van der Waals surface area (Å²) in [5.74, 6) is 1.20. The zero-order valence-electron chi connectivity index (χ0n) is 16.9. The van der Waals surface area contributed by atoms with Gasteiger partial charge in [0, 0.05) is 18.1 Å². The van der Waals surface area contributed by atoms with Gasteiger partial charge in [-0.15, -0.1) is 0 Å². The van der Waals surface area contributed by atoms with Gasteiger partial charge in [0.15, 0.2) is 17.4 Å². The highest BCUT2D eigenvalue weighted by atomic mass is 19.1. The molecule has 0 saturated carbocycles. The number of anilines is 2. The summed E-state index contributed by atoms with van der Waals surface area (Å²) in [4.78, 5) is 13.0. The number of benzene rings is 1. The van der Waals surface area contributed by atoms with Crippen LogP contribution in [0.3, 0.4) is 0 Å². The van der Waals surface area contributed by atoms with Crippen LogP contribution in [0.1, 0.15) is 24.5 Å². The van der Waals surface area contributed by atoms with Crippen LogP contribution < -0.4 is 15.8 Å². The van der Waals surface area contributed by atoms with Crippen LogP contribution in [0.5, 0.6) is 5.75 Å². The average molecular weight is 395 g/mol. The molecule has 0 saturated heterocycles. The second-order valence-corrected chi connectivity index (χ2v) is 7.20. The van der Waals surface area contributed by atoms with E-state index < -0.39 is 0 Å². The molecule has 0 aliphatic heterocycles. The first-order valence-corrected chi connectivity index (χ1v) is 9.62. The van der Waals surface area contributed by atoms with Crippen LogP contribution in [0.15, 0.2) is 42.9 Å². The molecule has 29 heavy (non-hydrogen) atoms. The van der Waals surface area contributed by atoms with Crippen molar-refractivity contribution in [3.63, 3.8) is 0 Å². The normalized spacial score (nSPS) is 11.9. The van der Waals surface area contributed by atoms with Gasteiger partial charge in [-0.3, -0.25) is 4.98 Å². The summed E-state index contributed by atoms with van der Waals surface area (Å²) in [6, 6.07) is 6.73. The summed E-state index contributed by atoms with van der Waals surface area (Å²) < 4.78 is 20.3. The van der Waals surface area contributed by atoms with E-state index in [0.29, 0.717) is 42.0 Å². The maximum Gasteiger partial charge on any atom is 0.180 e. The van der Waals surface area contributed by atoms with Crippen LogP contribution in [0.4, 0.5) is 15.9 Å². The Labute approximate surface area is 170 Å². The van der Waals surface area contributed by atoms with Crippen LogP contribution in [-0.2, 0) is 0 Å². The topological polar surface area (TPSA) is 86.0 Å². The van der Waals surface area contributed by atoms with E-state index in [2.05, 4.69) is 27.2 Å². The fraction of sp³-hybridized carbons (Fsp3) is 0.318. The quantitative estimate of drug-likeness (QED) is 0.588. The molecular formula is C22H26FN5O. The van der Waals surface area contributed by atoms with Crippen molar-refractivity contribution in [3.05, 3.63) is 59.8 Å². The Kier molecular flexibility index (Phi) is 6.72. The molecule has 2 aromatic heterocycles. The molecule has 1 unspecified atom stereocenters. The lowest BCUT2D eigenvalue weighted by atomic mass is 10.1. The van der Waals surface area contributed by atoms with Crippen LogP contribution >= 0.6 is 0 Å². The van der Waals surface area contributed by atoms with Gasteiger partial charge in [-0.2, -0.15) is 0 Å². The number of aryl methyl sites for hydroxylation is 2. The minimum Gasteiger partial charge on any atom is -0.488 e. The van der Waals surface area contributed by atoms with Crippen molar-refractivity contribution in [2.24, 2.45) is 11.7 Å². The minimum absolute atomic E-state index is 0.294. The Morgan fingerprint density at radius 2 is 2.03 bits per heavy atom. The Morgan fingerprint density at radius 1 is 1.21 bits per heavy atom. The first kappa shape index (κ1) is 20.7. The molecule has 0 amide bonds. The second kappa shape index (κ2) is 9.43. The molecule has 0 aliphatic carbocycles. The van der Waals surface area contributed by atoms with E-state index in [9.17, 15) is 4.39 Å². The predicted molar refractivity (Wildman–Crippen MR) is 113 cm³/mol. The zero-order chi connectivity index (χ0) is 20.8. The highest BCUT2D eigenvalue weighted by molar-refractivity contribution is 5.67. The molecule has 3 N–H and O–H groups in total. The maximum absolute atomic E-state index is 14.4. The minimum atomic E-state index is -0.369. The van der Waals surface area contributed by atoms with Crippen molar-refractivity contribution < 1.29 is 9.13 Å². The van der Waals surface area contributed by atoms with E-state index in [1.807, 2.05) is 19.9 Å². The third-order valence-corrected chi connectivity index (χ3v) is 4.57.